The Kier molecular flexibility index (Phi) is 4.55. The molecule has 1 unspecified atom stereocenters. The Hall–Kier alpha value is -1.64. The Morgan fingerprint density at radius 1 is 1.33 bits per heavy atom. The molecule has 0 amide bonds. The summed E-state index contributed by atoms with van der Waals surface area (Å²) in [7, 11) is 2.04. The number of benzene rings is 1. The molecule has 0 aliphatic rings. The minimum absolute atomic E-state index is 0.153. The molecule has 1 radical (unpaired) electrons. The molecule has 77 valence electrons. The van der Waals surface area contributed by atoms with Crippen LogP contribution in [0.1, 0.15) is 6.92 Å². The highest BCUT2D eigenvalue weighted by Crippen LogP contribution is 1.94. The van der Waals surface area contributed by atoms with Crippen molar-refractivity contribution in [3.05, 3.63) is 55.9 Å². The predicted octanol–water partition coefficient (Wildman–Crippen LogP) is 1.46. The third-order valence-electron chi connectivity index (χ3n) is 2.11. The van der Waals surface area contributed by atoms with Gasteiger partial charge in [0.1, 0.15) is 0 Å². The average molecular weight is 199 g/mol. The fourth-order valence-corrected chi connectivity index (χ4v) is 1.29. The van der Waals surface area contributed by atoms with Crippen LogP contribution >= 0.6 is 0 Å². The van der Waals surface area contributed by atoms with E-state index >= 15 is 0 Å². The molecule has 0 spiro atoms. The van der Waals surface area contributed by atoms with E-state index in [1.54, 1.807) is 12.4 Å². The van der Waals surface area contributed by atoms with Crippen molar-refractivity contribution in [1.82, 2.24) is 10.1 Å². The molecule has 0 saturated heterocycles. The number of hydrogen-bond acceptors (Lipinski definition) is 2. The zero-order valence-electron chi connectivity index (χ0n) is 9.06. The van der Waals surface area contributed by atoms with Crippen molar-refractivity contribution in [3.8, 4) is 0 Å². The summed E-state index contributed by atoms with van der Waals surface area (Å²) in [5, 5.41) is 3.10. The molecular formula is C12H16BN2. The molecule has 0 bridgehead atoms. The number of nitrogens with one attached hydrogen (secondary N) is 1. The van der Waals surface area contributed by atoms with Crippen LogP contribution in [0, 0.1) is 0 Å². The molecule has 0 aromatic heterocycles. The molecule has 1 atom stereocenters. The SMILES string of the molecule is C=CNC(C)N([B]c1ccccc1)C=C. The van der Waals surface area contributed by atoms with Crippen LogP contribution in [-0.4, -0.2) is 18.4 Å². The Morgan fingerprint density at radius 2 is 2.00 bits per heavy atom. The van der Waals surface area contributed by atoms with Crippen molar-refractivity contribution < 1.29 is 0 Å². The Balaban J connectivity index is 2.61. The first-order valence-electron chi connectivity index (χ1n) is 4.95. The van der Waals surface area contributed by atoms with Crippen LogP contribution in [0.25, 0.3) is 0 Å². The quantitative estimate of drug-likeness (QED) is 0.551. The van der Waals surface area contributed by atoms with Gasteiger partial charge in [0.2, 0.25) is 0 Å². The van der Waals surface area contributed by atoms with Crippen LogP contribution in [0.2, 0.25) is 0 Å². The van der Waals surface area contributed by atoms with Crippen LogP contribution < -0.4 is 10.8 Å². The molecule has 3 heteroatoms. The van der Waals surface area contributed by atoms with Gasteiger partial charge in [0.25, 0.3) is 7.41 Å². The van der Waals surface area contributed by atoms with Gasteiger partial charge in [0, 0.05) is 0 Å². The minimum atomic E-state index is 0.153. The number of hydrogen-bond donors (Lipinski definition) is 1. The number of nitrogens with zero attached hydrogens (tertiary/aromatic N) is 1. The van der Waals surface area contributed by atoms with Gasteiger partial charge in [-0.2, -0.15) is 0 Å². The van der Waals surface area contributed by atoms with Crippen LogP contribution in [-0.2, 0) is 0 Å². The van der Waals surface area contributed by atoms with Crippen molar-refractivity contribution in [2.24, 2.45) is 0 Å². The Morgan fingerprint density at radius 3 is 2.53 bits per heavy atom. The van der Waals surface area contributed by atoms with Crippen molar-refractivity contribution >= 4 is 12.9 Å². The summed E-state index contributed by atoms with van der Waals surface area (Å²) < 4.78 is 0. The maximum Gasteiger partial charge on any atom is 0.286 e. The van der Waals surface area contributed by atoms with Crippen molar-refractivity contribution in [2.45, 2.75) is 13.1 Å². The lowest BCUT2D eigenvalue weighted by Gasteiger charge is -2.27. The Bertz CT molecular complexity index is 311. The van der Waals surface area contributed by atoms with Gasteiger partial charge in [0.05, 0.1) is 6.17 Å². The highest BCUT2D eigenvalue weighted by Gasteiger charge is 2.09. The Labute approximate surface area is 92.6 Å². The highest BCUT2D eigenvalue weighted by atomic mass is 15.2. The molecular weight excluding hydrogens is 183 g/mol. The third-order valence-corrected chi connectivity index (χ3v) is 2.11. The second-order valence-electron chi connectivity index (χ2n) is 3.22. The van der Waals surface area contributed by atoms with E-state index in [2.05, 4.69) is 30.6 Å². The van der Waals surface area contributed by atoms with E-state index in [0.717, 1.165) is 5.46 Å². The zero-order chi connectivity index (χ0) is 11.1. The minimum Gasteiger partial charge on any atom is -0.402 e. The van der Waals surface area contributed by atoms with Gasteiger partial charge < -0.3 is 10.1 Å². The zero-order valence-corrected chi connectivity index (χ0v) is 9.06. The fourth-order valence-electron chi connectivity index (χ4n) is 1.29. The van der Waals surface area contributed by atoms with Gasteiger partial charge in [0.15, 0.2) is 0 Å². The molecule has 1 aromatic rings. The highest BCUT2D eigenvalue weighted by molar-refractivity contribution is 6.50. The molecule has 1 rings (SSSR count). The van der Waals surface area contributed by atoms with Gasteiger partial charge in [-0.1, -0.05) is 49.0 Å². The second kappa shape index (κ2) is 5.96. The van der Waals surface area contributed by atoms with Crippen LogP contribution in [0.5, 0.6) is 0 Å². The summed E-state index contributed by atoms with van der Waals surface area (Å²) >= 11 is 0. The van der Waals surface area contributed by atoms with E-state index in [1.807, 2.05) is 37.3 Å². The fraction of sp³-hybridized carbons (Fsp3) is 0.167. The maximum atomic E-state index is 3.78. The summed E-state index contributed by atoms with van der Waals surface area (Å²) in [6, 6.07) is 10.1. The monoisotopic (exact) mass is 199 g/mol. The summed E-state index contributed by atoms with van der Waals surface area (Å²) in [4.78, 5) is 2.00. The van der Waals surface area contributed by atoms with Gasteiger partial charge in [-0.15, -0.1) is 0 Å². The molecule has 1 N–H and O–H groups in total. The summed E-state index contributed by atoms with van der Waals surface area (Å²) in [6.45, 7) is 9.46. The summed E-state index contributed by atoms with van der Waals surface area (Å²) in [5.74, 6) is 0. The number of rotatable bonds is 6. The third kappa shape index (κ3) is 3.54. The van der Waals surface area contributed by atoms with Gasteiger partial charge in [-0.05, 0) is 19.3 Å². The first-order valence-corrected chi connectivity index (χ1v) is 4.95. The first-order chi connectivity index (χ1) is 7.27. The maximum absolute atomic E-state index is 3.78. The van der Waals surface area contributed by atoms with Crippen molar-refractivity contribution in [1.29, 1.82) is 0 Å². The lowest BCUT2D eigenvalue weighted by molar-refractivity contribution is 0.416. The second-order valence-corrected chi connectivity index (χ2v) is 3.22. The van der Waals surface area contributed by atoms with E-state index in [0.29, 0.717) is 0 Å². The van der Waals surface area contributed by atoms with E-state index in [4.69, 9.17) is 0 Å². The lowest BCUT2D eigenvalue weighted by atomic mass is 9.80. The van der Waals surface area contributed by atoms with Gasteiger partial charge in [-0.3, -0.25) is 0 Å². The molecule has 0 aliphatic carbocycles. The normalized spacial score (nSPS) is 11.3. The average Bonchev–Trinajstić information content (AvgIpc) is 2.27. The van der Waals surface area contributed by atoms with E-state index in [9.17, 15) is 0 Å². The van der Waals surface area contributed by atoms with Crippen LogP contribution in [0.3, 0.4) is 0 Å². The summed E-state index contributed by atoms with van der Waals surface area (Å²) in [6.07, 6.45) is 3.62. The molecule has 2 nitrogen and oxygen atoms in total. The van der Waals surface area contributed by atoms with E-state index in [-0.39, 0.29) is 6.17 Å². The predicted molar refractivity (Wildman–Crippen MR) is 66.7 cm³/mol. The largest absolute Gasteiger partial charge is 0.402 e. The first kappa shape index (κ1) is 11.4. The van der Waals surface area contributed by atoms with Gasteiger partial charge >= 0.3 is 0 Å². The lowest BCUT2D eigenvalue weighted by Crippen LogP contribution is -2.44. The molecule has 15 heavy (non-hydrogen) atoms. The van der Waals surface area contributed by atoms with Gasteiger partial charge in [-0.25, -0.2) is 0 Å². The van der Waals surface area contributed by atoms with Crippen molar-refractivity contribution in [2.75, 3.05) is 0 Å². The smallest absolute Gasteiger partial charge is 0.286 e. The molecule has 1 aromatic carbocycles. The topological polar surface area (TPSA) is 15.3 Å². The van der Waals surface area contributed by atoms with Crippen LogP contribution in [0.15, 0.2) is 55.9 Å². The van der Waals surface area contributed by atoms with E-state index in [1.165, 1.54) is 0 Å². The van der Waals surface area contributed by atoms with E-state index < -0.39 is 0 Å². The molecule has 0 aliphatic heterocycles. The standard InChI is InChI=1S/C12H16BN2/c1-4-14-11(3)15(5-2)13-12-9-7-6-8-10-12/h4-11,14H,1-2H2,3H3. The molecule has 0 saturated carbocycles. The van der Waals surface area contributed by atoms with Crippen molar-refractivity contribution in [3.63, 3.8) is 0 Å². The summed E-state index contributed by atoms with van der Waals surface area (Å²) in [5.41, 5.74) is 1.15. The molecule has 0 heterocycles. The molecule has 0 fully saturated rings. The van der Waals surface area contributed by atoms with Crippen LogP contribution in [0.4, 0.5) is 0 Å².